The molecule has 6 nitrogen and oxygen atoms in total. The number of anilines is 1. The smallest absolute Gasteiger partial charge is 0.244 e. The lowest BCUT2D eigenvalue weighted by molar-refractivity contribution is -0.116. The Morgan fingerprint density at radius 2 is 1.85 bits per heavy atom. The minimum Gasteiger partial charge on any atom is -0.367 e. The van der Waals surface area contributed by atoms with Gasteiger partial charge in [-0.25, -0.2) is 0 Å². The van der Waals surface area contributed by atoms with Gasteiger partial charge in [0.25, 0.3) is 0 Å². The van der Waals surface area contributed by atoms with Crippen LogP contribution in [0.25, 0.3) is 11.9 Å². The number of carbonyl (C=O) groups excluding carboxylic acids is 1. The van der Waals surface area contributed by atoms with E-state index in [9.17, 15) is 4.79 Å². The van der Waals surface area contributed by atoms with Crippen molar-refractivity contribution in [3.8, 4) is 5.82 Å². The SMILES string of the molecule is Cc1ccccc1/C=C/C(=O)NCCNc1ccc(-n2cccc2)nn1. The van der Waals surface area contributed by atoms with Crippen molar-refractivity contribution >= 4 is 17.8 Å². The molecular weight excluding hydrogens is 326 g/mol. The van der Waals surface area contributed by atoms with Crippen LogP contribution in [-0.2, 0) is 4.79 Å². The highest BCUT2D eigenvalue weighted by atomic mass is 16.1. The molecule has 2 N–H and O–H groups in total. The third kappa shape index (κ3) is 4.80. The van der Waals surface area contributed by atoms with Crippen LogP contribution in [-0.4, -0.2) is 33.8 Å². The van der Waals surface area contributed by atoms with Crippen molar-refractivity contribution in [2.75, 3.05) is 18.4 Å². The maximum Gasteiger partial charge on any atom is 0.244 e. The van der Waals surface area contributed by atoms with Gasteiger partial charge in [0, 0.05) is 31.6 Å². The maximum atomic E-state index is 11.9. The van der Waals surface area contributed by atoms with Crippen molar-refractivity contribution in [1.29, 1.82) is 0 Å². The predicted molar refractivity (Wildman–Crippen MR) is 103 cm³/mol. The predicted octanol–water partition coefficient (Wildman–Crippen LogP) is 2.82. The van der Waals surface area contributed by atoms with E-state index in [0.717, 1.165) is 16.9 Å². The Labute approximate surface area is 152 Å². The van der Waals surface area contributed by atoms with E-state index < -0.39 is 0 Å². The van der Waals surface area contributed by atoms with Crippen molar-refractivity contribution in [2.45, 2.75) is 6.92 Å². The molecule has 6 heteroatoms. The molecule has 3 rings (SSSR count). The van der Waals surface area contributed by atoms with Crippen LogP contribution in [0.3, 0.4) is 0 Å². The molecule has 0 atom stereocenters. The van der Waals surface area contributed by atoms with Crippen LogP contribution in [0.1, 0.15) is 11.1 Å². The topological polar surface area (TPSA) is 71.8 Å². The van der Waals surface area contributed by atoms with Gasteiger partial charge in [0.2, 0.25) is 5.91 Å². The lowest BCUT2D eigenvalue weighted by atomic mass is 10.1. The summed E-state index contributed by atoms with van der Waals surface area (Å²) in [7, 11) is 0. The molecule has 3 aromatic rings. The Balaban J connectivity index is 1.41. The minimum atomic E-state index is -0.121. The van der Waals surface area contributed by atoms with Crippen LogP contribution < -0.4 is 10.6 Å². The molecule has 0 bridgehead atoms. The molecule has 132 valence electrons. The average Bonchev–Trinajstić information content (AvgIpc) is 3.20. The summed E-state index contributed by atoms with van der Waals surface area (Å²) in [4.78, 5) is 11.9. The molecule has 0 saturated carbocycles. The van der Waals surface area contributed by atoms with E-state index >= 15 is 0 Å². The standard InChI is InChI=1S/C20H21N5O/c1-16-6-2-3-7-17(16)8-11-20(26)22-13-12-21-18-9-10-19(24-23-18)25-14-4-5-15-25/h2-11,14-15H,12-13H2,1H3,(H,21,23)(H,22,26)/b11-8+. The number of amides is 1. The highest BCUT2D eigenvalue weighted by Gasteiger charge is 2.00. The number of nitrogens with one attached hydrogen (secondary N) is 2. The lowest BCUT2D eigenvalue weighted by Crippen LogP contribution is -2.27. The zero-order valence-electron chi connectivity index (χ0n) is 14.6. The maximum absolute atomic E-state index is 11.9. The summed E-state index contributed by atoms with van der Waals surface area (Å²) in [5.74, 6) is 1.31. The molecule has 2 heterocycles. The summed E-state index contributed by atoms with van der Waals surface area (Å²) >= 11 is 0. The lowest BCUT2D eigenvalue weighted by Gasteiger charge is -2.06. The molecule has 0 aliphatic heterocycles. The van der Waals surface area contributed by atoms with Gasteiger partial charge in [0.05, 0.1) is 0 Å². The van der Waals surface area contributed by atoms with E-state index in [4.69, 9.17) is 0 Å². The van der Waals surface area contributed by atoms with Crippen molar-refractivity contribution in [3.63, 3.8) is 0 Å². The van der Waals surface area contributed by atoms with Gasteiger partial charge in [-0.15, -0.1) is 10.2 Å². The number of nitrogens with zero attached hydrogens (tertiary/aromatic N) is 3. The van der Waals surface area contributed by atoms with E-state index in [1.165, 1.54) is 0 Å². The quantitative estimate of drug-likeness (QED) is 0.509. The number of carbonyl (C=O) groups is 1. The fraction of sp³-hybridized carbons (Fsp3) is 0.150. The molecule has 26 heavy (non-hydrogen) atoms. The number of hydrogen-bond acceptors (Lipinski definition) is 4. The zero-order valence-corrected chi connectivity index (χ0v) is 14.6. The van der Waals surface area contributed by atoms with Crippen LogP contribution >= 0.6 is 0 Å². The third-order valence-corrected chi connectivity index (χ3v) is 3.85. The molecule has 0 unspecified atom stereocenters. The Hall–Kier alpha value is -3.41. The first-order valence-electron chi connectivity index (χ1n) is 8.45. The third-order valence-electron chi connectivity index (χ3n) is 3.85. The highest BCUT2D eigenvalue weighted by Crippen LogP contribution is 2.08. The van der Waals surface area contributed by atoms with Crippen molar-refractivity contribution < 1.29 is 4.79 Å². The largest absolute Gasteiger partial charge is 0.367 e. The minimum absolute atomic E-state index is 0.121. The number of hydrogen-bond donors (Lipinski definition) is 2. The monoisotopic (exact) mass is 347 g/mol. The Kier molecular flexibility index (Phi) is 5.77. The Morgan fingerprint density at radius 1 is 1.04 bits per heavy atom. The zero-order chi connectivity index (χ0) is 18.2. The molecule has 0 spiro atoms. The van der Waals surface area contributed by atoms with Gasteiger partial charge in [-0.05, 0) is 48.4 Å². The number of aryl methyl sites for hydroxylation is 1. The normalized spacial score (nSPS) is 10.8. The number of rotatable bonds is 7. The summed E-state index contributed by atoms with van der Waals surface area (Å²) in [6.45, 7) is 3.09. The van der Waals surface area contributed by atoms with E-state index in [0.29, 0.717) is 18.9 Å². The van der Waals surface area contributed by atoms with Gasteiger partial charge in [-0.1, -0.05) is 24.3 Å². The van der Waals surface area contributed by atoms with Crippen LogP contribution in [0.4, 0.5) is 5.82 Å². The van der Waals surface area contributed by atoms with E-state index in [1.54, 1.807) is 6.08 Å². The summed E-state index contributed by atoms with van der Waals surface area (Å²) in [6.07, 6.45) is 7.20. The van der Waals surface area contributed by atoms with Crippen LogP contribution in [0.2, 0.25) is 0 Å². The van der Waals surface area contributed by atoms with Crippen LogP contribution in [0, 0.1) is 6.92 Å². The van der Waals surface area contributed by atoms with Crippen LogP contribution in [0.5, 0.6) is 0 Å². The number of benzene rings is 1. The summed E-state index contributed by atoms with van der Waals surface area (Å²) in [6, 6.07) is 15.6. The molecule has 0 radical (unpaired) electrons. The van der Waals surface area contributed by atoms with E-state index in [2.05, 4.69) is 20.8 Å². The van der Waals surface area contributed by atoms with Gasteiger partial charge in [-0.3, -0.25) is 4.79 Å². The summed E-state index contributed by atoms with van der Waals surface area (Å²) in [5, 5.41) is 14.3. The van der Waals surface area contributed by atoms with Crippen molar-refractivity contribution in [2.24, 2.45) is 0 Å². The van der Waals surface area contributed by atoms with Crippen LogP contribution in [0.15, 0.2) is 67.0 Å². The highest BCUT2D eigenvalue weighted by molar-refractivity contribution is 5.91. The summed E-state index contributed by atoms with van der Waals surface area (Å²) < 4.78 is 1.89. The molecule has 0 fully saturated rings. The summed E-state index contributed by atoms with van der Waals surface area (Å²) in [5.41, 5.74) is 2.18. The van der Waals surface area contributed by atoms with Crippen molar-refractivity contribution in [1.82, 2.24) is 20.1 Å². The van der Waals surface area contributed by atoms with Gasteiger partial charge in [-0.2, -0.15) is 0 Å². The molecule has 1 amide bonds. The first kappa shape index (κ1) is 17.4. The molecular formula is C20H21N5O. The fourth-order valence-corrected chi connectivity index (χ4v) is 2.42. The van der Waals surface area contributed by atoms with Gasteiger partial charge in [0.15, 0.2) is 5.82 Å². The van der Waals surface area contributed by atoms with Gasteiger partial charge in [0.1, 0.15) is 5.82 Å². The second-order valence-electron chi connectivity index (χ2n) is 5.77. The first-order chi connectivity index (χ1) is 12.7. The Morgan fingerprint density at radius 3 is 2.58 bits per heavy atom. The molecule has 0 aliphatic carbocycles. The van der Waals surface area contributed by atoms with Crippen molar-refractivity contribution in [3.05, 3.63) is 78.1 Å². The second-order valence-corrected chi connectivity index (χ2v) is 5.77. The van der Waals surface area contributed by atoms with E-state index in [-0.39, 0.29) is 5.91 Å². The number of aromatic nitrogens is 3. The van der Waals surface area contributed by atoms with Gasteiger partial charge >= 0.3 is 0 Å². The van der Waals surface area contributed by atoms with Gasteiger partial charge < -0.3 is 15.2 Å². The second kappa shape index (κ2) is 8.62. The average molecular weight is 347 g/mol. The fourth-order valence-electron chi connectivity index (χ4n) is 2.42. The van der Waals surface area contributed by atoms with E-state index in [1.807, 2.05) is 78.5 Å². The molecule has 1 aromatic carbocycles. The molecule has 0 saturated heterocycles. The first-order valence-corrected chi connectivity index (χ1v) is 8.45. The molecule has 0 aliphatic rings. The Bertz CT molecular complexity index is 869. The molecule has 2 aromatic heterocycles.